The first kappa shape index (κ1) is 18.7. The van der Waals surface area contributed by atoms with Crippen LogP contribution in [0.3, 0.4) is 0 Å². The van der Waals surface area contributed by atoms with Crippen LogP contribution in [0.15, 0.2) is 53.4 Å². The zero-order chi connectivity index (χ0) is 18.7. The maximum absolute atomic E-state index is 13.5. The zero-order valence-electron chi connectivity index (χ0n) is 12.4. The Morgan fingerprint density at radius 3 is 2.20 bits per heavy atom. The van der Waals surface area contributed by atoms with Crippen molar-refractivity contribution in [3.05, 3.63) is 54.3 Å². The molecule has 10 heteroatoms. The topological polar surface area (TPSA) is 72.5 Å². The van der Waals surface area contributed by atoms with Crippen LogP contribution in [0.4, 0.5) is 23.2 Å². The first-order valence-corrected chi connectivity index (χ1v) is 8.35. The van der Waals surface area contributed by atoms with Gasteiger partial charge in [0.2, 0.25) is 5.91 Å². The minimum atomic E-state index is -4.85. The van der Waals surface area contributed by atoms with E-state index in [0.29, 0.717) is 0 Å². The highest BCUT2D eigenvalue weighted by Gasteiger charge is 2.31. The Morgan fingerprint density at radius 1 is 1.04 bits per heavy atom. The second-order valence-electron chi connectivity index (χ2n) is 4.81. The molecule has 2 rings (SSSR count). The van der Waals surface area contributed by atoms with Crippen LogP contribution in [0.2, 0.25) is 0 Å². The van der Waals surface area contributed by atoms with E-state index in [2.05, 4.69) is 10.1 Å². The maximum Gasteiger partial charge on any atom is 0.573 e. The van der Waals surface area contributed by atoms with Gasteiger partial charge in [-0.1, -0.05) is 12.1 Å². The first-order chi connectivity index (χ1) is 11.6. The van der Waals surface area contributed by atoms with Crippen molar-refractivity contribution in [3.63, 3.8) is 0 Å². The summed E-state index contributed by atoms with van der Waals surface area (Å²) >= 11 is 0. The Morgan fingerprint density at radius 2 is 1.64 bits per heavy atom. The van der Waals surface area contributed by atoms with Gasteiger partial charge in [-0.25, -0.2) is 12.8 Å². The summed E-state index contributed by atoms with van der Waals surface area (Å²) in [7, 11) is -4.20. The summed E-state index contributed by atoms with van der Waals surface area (Å²) in [5.74, 6) is -3.46. The van der Waals surface area contributed by atoms with Crippen LogP contribution >= 0.6 is 0 Å². The number of anilines is 1. The molecule has 0 bridgehead atoms. The number of rotatable bonds is 5. The summed E-state index contributed by atoms with van der Waals surface area (Å²) in [5, 5.41) is 2.20. The molecule has 0 aromatic heterocycles. The summed E-state index contributed by atoms with van der Waals surface area (Å²) < 4.78 is 77.4. The molecule has 2 aromatic rings. The molecule has 0 saturated heterocycles. The van der Waals surface area contributed by atoms with E-state index in [1.165, 1.54) is 12.1 Å². The molecule has 25 heavy (non-hydrogen) atoms. The van der Waals surface area contributed by atoms with E-state index in [4.69, 9.17) is 0 Å². The molecule has 1 N–H and O–H groups in total. The fourth-order valence-corrected chi connectivity index (χ4v) is 3.11. The van der Waals surface area contributed by atoms with Gasteiger partial charge in [-0.15, -0.1) is 13.2 Å². The molecule has 0 aliphatic carbocycles. The predicted molar refractivity (Wildman–Crippen MR) is 80.2 cm³/mol. The monoisotopic (exact) mass is 377 g/mol. The molecule has 0 heterocycles. The average molecular weight is 377 g/mol. The van der Waals surface area contributed by atoms with Gasteiger partial charge in [0, 0.05) is 5.69 Å². The number of carbonyl (C=O) groups is 1. The lowest BCUT2D eigenvalue weighted by atomic mass is 10.3. The van der Waals surface area contributed by atoms with Crippen molar-refractivity contribution in [2.75, 3.05) is 11.1 Å². The van der Waals surface area contributed by atoms with E-state index in [0.717, 1.165) is 36.4 Å². The molecule has 2 aromatic carbocycles. The Balaban J connectivity index is 2.04. The van der Waals surface area contributed by atoms with E-state index in [1.54, 1.807) is 0 Å². The van der Waals surface area contributed by atoms with Crippen molar-refractivity contribution in [1.29, 1.82) is 0 Å². The minimum Gasteiger partial charge on any atom is -0.406 e. The number of hydrogen-bond acceptors (Lipinski definition) is 4. The molecular weight excluding hydrogens is 366 g/mol. The summed E-state index contributed by atoms with van der Waals surface area (Å²) in [4.78, 5) is 11.2. The van der Waals surface area contributed by atoms with Crippen molar-refractivity contribution < 1.29 is 35.5 Å². The predicted octanol–water partition coefficient (Wildman–Crippen LogP) is 3.14. The SMILES string of the molecule is O=C(CS(=O)(=O)c1ccccc1F)Nc1ccc(OC(F)(F)F)cc1. The van der Waals surface area contributed by atoms with E-state index in [-0.39, 0.29) is 5.69 Å². The molecule has 0 unspecified atom stereocenters. The van der Waals surface area contributed by atoms with Crippen LogP contribution in [-0.2, 0) is 14.6 Å². The quantitative estimate of drug-likeness (QED) is 0.813. The summed E-state index contributed by atoms with van der Waals surface area (Å²) in [6, 6.07) is 8.71. The molecule has 0 radical (unpaired) electrons. The van der Waals surface area contributed by atoms with Crippen molar-refractivity contribution in [2.45, 2.75) is 11.3 Å². The molecule has 1 amide bonds. The molecular formula is C15H11F4NO4S. The Hall–Kier alpha value is -2.62. The van der Waals surface area contributed by atoms with Crippen LogP contribution < -0.4 is 10.1 Å². The lowest BCUT2D eigenvalue weighted by Crippen LogP contribution is -2.23. The lowest BCUT2D eigenvalue weighted by Gasteiger charge is -2.10. The molecule has 0 spiro atoms. The van der Waals surface area contributed by atoms with Gasteiger partial charge in [0.15, 0.2) is 9.84 Å². The first-order valence-electron chi connectivity index (χ1n) is 6.70. The van der Waals surface area contributed by atoms with Gasteiger partial charge in [-0.05, 0) is 36.4 Å². The van der Waals surface area contributed by atoms with Crippen LogP contribution in [-0.4, -0.2) is 26.4 Å². The highest BCUT2D eigenvalue weighted by Crippen LogP contribution is 2.24. The summed E-state index contributed by atoms with van der Waals surface area (Å²) in [6.07, 6.45) is -4.85. The zero-order valence-corrected chi connectivity index (χ0v) is 13.2. The van der Waals surface area contributed by atoms with Crippen molar-refractivity contribution in [1.82, 2.24) is 0 Å². The van der Waals surface area contributed by atoms with Crippen molar-refractivity contribution in [3.8, 4) is 5.75 Å². The third-order valence-electron chi connectivity index (χ3n) is 2.86. The number of ether oxygens (including phenoxy) is 1. The number of carbonyl (C=O) groups excluding carboxylic acids is 1. The fourth-order valence-electron chi connectivity index (χ4n) is 1.88. The second kappa shape index (κ2) is 7.09. The molecule has 0 atom stereocenters. The fraction of sp³-hybridized carbons (Fsp3) is 0.133. The number of halogens is 4. The normalized spacial score (nSPS) is 11.8. The van der Waals surface area contributed by atoms with E-state index < -0.39 is 44.3 Å². The van der Waals surface area contributed by atoms with Gasteiger partial charge < -0.3 is 10.1 Å². The summed E-state index contributed by atoms with van der Waals surface area (Å²) in [5.41, 5.74) is 0.0586. The molecule has 0 aliphatic rings. The highest BCUT2D eigenvalue weighted by atomic mass is 32.2. The third-order valence-corrected chi connectivity index (χ3v) is 4.51. The lowest BCUT2D eigenvalue weighted by molar-refractivity contribution is -0.274. The largest absolute Gasteiger partial charge is 0.573 e. The van der Waals surface area contributed by atoms with Gasteiger partial charge in [0.05, 0.1) is 0 Å². The van der Waals surface area contributed by atoms with Crippen LogP contribution in [0.25, 0.3) is 0 Å². The third kappa shape index (κ3) is 5.45. The Labute approximate surface area is 140 Å². The number of alkyl halides is 3. The average Bonchev–Trinajstić information content (AvgIpc) is 2.47. The van der Waals surface area contributed by atoms with Crippen LogP contribution in [0.1, 0.15) is 0 Å². The molecule has 0 fully saturated rings. The van der Waals surface area contributed by atoms with Gasteiger partial charge in [0.25, 0.3) is 0 Å². The molecule has 5 nitrogen and oxygen atoms in total. The van der Waals surface area contributed by atoms with Gasteiger partial charge in [-0.3, -0.25) is 4.79 Å². The molecule has 0 saturated carbocycles. The molecule has 134 valence electrons. The van der Waals surface area contributed by atoms with Crippen molar-refractivity contribution in [2.24, 2.45) is 0 Å². The number of amides is 1. The highest BCUT2D eigenvalue weighted by molar-refractivity contribution is 7.92. The number of nitrogens with one attached hydrogen (secondary N) is 1. The standard InChI is InChI=1S/C15H11F4NO4S/c16-12-3-1-2-4-13(12)25(22,23)9-14(21)20-10-5-7-11(8-6-10)24-15(17,18)19/h1-8H,9H2,(H,20,21). The van der Waals surface area contributed by atoms with E-state index in [9.17, 15) is 30.8 Å². The molecule has 0 aliphatic heterocycles. The van der Waals surface area contributed by atoms with Crippen LogP contribution in [0, 0.1) is 5.82 Å². The Bertz CT molecular complexity index is 864. The van der Waals surface area contributed by atoms with Gasteiger partial charge in [0.1, 0.15) is 22.2 Å². The number of sulfone groups is 1. The van der Waals surface area contributed by atoms with Gasteiger partial charge >= 0.3 is 6.36 Å². The van der Waals surface area contributed by atoms with E-state index >= 15 is 0 Å². The van der Waals surface area contributed by atoms with Gasteiger partial charge in [-0.2, -0.15) is 0 Å². The van der Waals surface area contributed by atoms with E-state index in [1.807, 2.05) is 0 Å². The maximum atomic E-state index is 13.5. The number of benzene rings is 2. The minimum absolute atomic E-state index is 0.0586. The number of hydrogen-bond donors (Lipinski definition) is 1. The summed E-state index contributed by atoms with van der Waals surface area (Å²) in [6.45, 7) is 0. The Kier molecular flexibility index (Phi) is 5.31. The van der Waals surface area contributed by atoms with Crippen LogP contribution in [0.5, 0.6) is 5.75 Å². The second-order valence-corrected chi connectivity index (χ2v) is 6.77. The van der Waals surface area contributed by atoms with Crippen molar-refractivity contribution >= 4 is 21.4 Å². The smallest absolute Gasteiger partial charge is 0.406 e.